The van der Waals surface area contributed by atoms with Crippen LogP contribution in [-0.2, 0) is 20.5 Å². The minimum absolute atomic E-state index is 0.0434. The molecular formula is C22H25ClFN5O3S. The standard InChI is InChI=1S/C22H25ClFN5O3S/c23-29-17-26-20-16-25-21(15-19(20)22(29,24)27-18-7-3-1-4-8-18)33(30,31)14-6-2-5-9-28-10-12-32-13-11-28/h1,3-4,6-8,14-17,27H,2,5,9-13H2. The van der Waals surface area contributed by atoms with Gasteiger partial charge in [-0.15, -0.1) is 0 Å². The SMILES string of the molecule is O=S(=O)(C=CCCCN1CCOCC1)c1cc2c(cn1)N=CN(Cl)C2(F)Nc1ccccc1. The van der Waals surface area contributed by atoms with Crippen molar-refractivity contribution in [2.45, 2.75) is 23.8 Å². The summed E-state index contributed by atoms with van der Waals surface area (Å²) in [4.78, 5) is 10.4. The van der Waals surface area contributed by atoms with Crippen molar-refractivity contribution in [3.05, 3.63) is 59.6 Å². The van der Waals surface area contributed by atoms with E-state index in [4.69, 9.17) is 16.5 Å². The molecule has 1 saturated heterocycles. The molecule has 0 amide bonds. The van der Waals surface area contributed by atoms with E-state index >= 15 is 4.39 Å². The highest BCUT2D eigenvalue weighted by molar-refractivity contribution is 7.94. The summed E-state index contributed by atoms with van der Waals surface area (Å²) in [5.41, 5.74) is 0.609. The summed E-state index contributed by atoms with van der Waals surface area (Å²) in [5, 5.41) is 3.56. The van der Waals surface area contributed by atoms with Crippen molar-refractivity contribution in [2.75, 3.05) is 38.2 Å². The molecule has 1 fully saturated rings. The molecule has 1 atom stereocenters. The van der Waals surface area contributed by atoms with Gasteiger partial charge in [0.15, 0.2) is 5.03 Å². The summed E-state index contributed by atoms with van der Waals surface area (Å²) in [6.07, 6.45) is 5.38. The second-order valence-corrected chi connectivity index (χ2v) is 9.87. The lowest BCUT2D eigenvalue weighted by atomic mass is 10.1. The number of aliphatic imine (C=N–C) groups is 1. The number of aromatic nitrogens is 1. The Morgan fingerprint density at radius 1 is 1.24 bits per heavy atom. The highest BCUT2D eigenvalue weighted by Gasteiger charge is 2.43. The maximum absolute atomic E-state index is 16.1. The van der Waals surface area contributed by atoms with Crippen molar-refractivity contribution in [3.8, 4) is 0 Å². The number of hydrogen-bond donors (Lipinski definition) is 1. The first-order valence-corrected chi connectivity index (χ1v) is 12.5. The van der Waals surface area contributed by atoms with E-state index in [1.54, 1.807) is 36.4 Å². The van der Waals surface area contributed by atoms with Gasteiger partial charge in [-0.2, -0.15) is 4.39 Å². The lowest BCUT2D eigenvalue weighted by Gasteiger charge is -2.35. The third-order valence-electron chi connectivity index (χ3n) is 5.41. The van der Waals surface area contributed by atoms with Crippen LogP contribution in [0.4, 0.5) is 15.8 Å². The Morgan fingerprint density at radius 3 is 2.76 bits per heavy atom. The Bertz CT molecular complexity index is 1130. The first-order valence-electron chi connectivity index (χ1n) is 10.6. The van der Waals surface area contributed by atoms with Crippen LogP contribution in [0.15, 0.2) is 64.1 Å². The fourth-order valence-corrected chi connectivity index (χ4v) is 4.80. The number of hydrogen-bond acceptors (Lipinski definition) is 8. The van der Waals surface area contributed by atoms with Crippen LogP contribution in [-0.4, -0.2) is 61.9 Å². The number of nitrogens with zero attached hydrogens (tertiary/aromatic N) is 4. The molecule has 3 heterocycles. The molecule has 1 unspecified atom stereocenters. The summed E-state index contributed by atoms with van der Waals surface area (Å²) >= 11 is 6.10. The number of anilines is 1. The van der Waals surface area contributed by atoms with Crippen molar-refractivity contribution < 1.29 is 17.5 Å². The van der Waals surface area contributed by atoms with Gasteiger partial charge in [0.05, 0.1) is 30.7 Å². The molecule has 1 N–H and O–H groups in total. The normalized spacial score (nSPS) is 21.3. The van der Waals surface area contributed by atoms with Crippen molar-refractivity contribution in [1.82, 2.24) is 14.3 Å². The number of allylic oxidation sites excluding steroid dienone is 1. The van der Waals surface area contributed by atoms with Crippen molar-refractivity contribution >= 4 is 39.3 Å². The fourth-order valence-electron chi connectivity index (χ4n) is 3.62. The van der Waals surface area contributed by atoms with Crippen LogP contribution in [0.5, 0.6) is 0 Å². The van der Waals surface area contributed by atoms with Gasteiger partial charge in [-0.05, 0) is 37.6 Å². The van der Waals surface area contributed by atoms with E-state index in [0.29, 0.717) is 12.1 Å². The van der Waals surface area contributed by atoms with Gasteiger partial charge in [-0.3, -0.25) is 4.90 Å². The molecule has 0 saturated carbocycles. The Morgan fingerprint density at radius 2 is 2.00 bits per heavy atom. The molecule has 4 rings (SSSR count). The number of rotatable bonds is 8. The van der Waals surface area contributed by atoms with Gasteiger partial charge in [0, 0.05) is 36.0 Å². The van der Waals surface area contributed by atoms with E-state index in [2.05, 4.69) is 20.2 Å². The van der Waals surface area contributed by atoms with Gasteiger partial charge in [-0.25, -0.2) is 22.8 Å². The highest BCUT2D eigenvalue weighted by atomic mass is 35.5. The predicted octanol–water partition coefficient (Wildman–Crippen LogP) is 3.80. The number of benzene rings is 1. The van der Waals surface area contributed by atoms with E-state index in [9.17, 15) is 8.42 Å². The monoisotopic (exact) mass is 493 g/mol. The number of nitrogens with one attached hydrogen (secondary N) is 1. The van der Waals surface area contributed by atoms with Gasteiger partial charge < -0.3 is 10.1 Å². The maximum atomic E-state index is 16.1. The molecule has 2 aliphatic heterocycles. The van der Waals surface area contributed by atoms with Crippen LogP contribution in [0, 0.1) is 0 Å². The lowest BCUT2D eigenvalue weighted by molar-refractivity contribution is 0.0375. The van der Waals surface area contributed by atoms with Crippen LogP contribution >= 0.6 is 11.8 Å². The lowest BCUT2D eigenvalue weighted by Crippen LogP contribution is -2.44. The molecule has 2 aromatic rings. The number of sulfone groups is 1. The topological polar surface area (TPSA) is 87.1 Å². The molecule has 8 nitrogen and oxygen atoms in total. The Balaban J connectivity index is 1.49. The zero-order valence-corrected chi connectivity index (χ0v) is 19.5. The molecule has 11 heteroatoms. The molecule has 0 spiro atoms. The number of halogens is 2. The molecule has 33 heavy (non-hydrogen) atoms. The zero-order chi connectivity index (χ0) is 23.3. The van der Waals surface area contributed by atoms with Crippen molar-refractivity contribution in [1.29, 1.82) is 0 Å². The number of fused-ring (bicyclic) bond motifs is 1. The third-order valence-corrected chi connectivity index (χ3v) is 7.08. The number of alkyl halides is 1. The van der Waals surface area contributed by atoms with Gasteiger partial charge in [-0.1, -0.05) is 24.3 Å². The summed E-state index contributed by atoms with van der Waals surface area (Å²) in [6.45, 7) is 4.12. The van der Waals surface area contributed by atoms with Gasteiger partial charge in [0.1, 0.15) is 6.34 Å². The Hall–Kier alpha value is -2.53. The largest absolute Gasteiger partial charge is 0.379 e. The quantitative estimate of drug-likeness (QED) is 0.340. The van der Waals surface area contributed by atoms with E-state index in [1.165, 1.54) is 12.3 Å². The first-order chi connectivity index (χ1) is 15.9. The van der Waals surface area contributed by atoms with Crippen LogP contribution in [0.25, 0.3) is 0 Å². The second kappa shape index (κ2) is 10.2. The summed E-state index contributed by atoms with van der Waals surface area (Å²) in [6, 6.07) is 9.81. The molecular weight excluding hydrogens is 469 g/mol. The van der Waals surface area contributed by atoms with E-state index < -0.39 is 15.8 Å². The molecule has 0 aliphatic carbocycles. The molecule has 2 aliphatic rings. The summed E-state index contributed by atoms with van der Waals surface area (Å²) in [5.74, 6) is -2.42. The molecule has 176 valence electrons. The third kappa shape index (κ3) is 5.52. The number of para-hydroxylation sites is 1. The second-order valence-electron chi connectivity index (χ2n) is 7.72. The fraction of sp³-hybridized carbons (Fsp3) is 0.364. The van der Waals surface area contributed by atoms with Gasteiger partial charge >= 0.3 is 5.92 Å². The Labute approximate surface area is 197 Å². The number of ether oxygens (including phenoxy) is 1. The van der Waals surface area contributed by atoms with Crippen LogP contribution in [0.3, 0.4) is 0 Å². The van der Waals surface area contributed by atoms with Crippen LogP contribution < -0.4 is 5.32 Å². The summed E-state index contributed by atoms with van der Waals surface area (Å²) in [7, 11) is -3.87. The number of unbranched alkanes of at least 4 members (excludes halogenated alkanes) is 1. The predicted molar refractivity (Wildman–Crippen MR) is 126 cm³/mol. The Kier molecular flexibility index (Phi) is 7.28. The smallest absolute Gasteiger partial charge is 0.301 e. The number of morpholine rings is 1. The summed E-state index contributed by atoms with van der Waals surface area (Å²) < 4.78 is 47.8. The van der Waals surface area contributed by atoms with Crippen molar-refractivity contribution in [3.63, 3.8) is 0 Å². The average molecular weight is 494 g/mol. The minimum Gasteiger partial charge on any atom is -0.379 e. The minimum atomic E-state index is -3.87. The van der Waals surface area contributed by atoms with E-state index in [1.807, 2.05) is 0 Å². The molecule has 1 aromatic carbocycles. The molecule has 1 aromatic heterocycles. The number of pyridine rings is 1. The van der Waals surface area contributed by atoms with Gasteiger partial charge in [0.2, 0.25) is 9.84 Å². The van der Waals surface area contributed by atoms with Crippen LogP contribution in [0.2, 0.25) is 0 Å². The van der Waals surface area contributed by atoms with Crippen LogP contribution in [0.1, 0.15) is 18.4 Å². The maximum Gasteiger partial charge on any atom is 0.301 e. The highest BCUT2D eigenvalue weighted by Crippen LogP contribution is 2.41. The van der Waals surface area contributed by atoms with E-state index in [-0.39, 0.29) is 16.3 Å². The van der Waals surface area contributed by atoms with Gasteiger partial charge in [0.25, 0.3) is 0 Å². The molecule has 0 bridgehead atoms. The van der Waals surface area contributed by atoms with E-state index in [0.717, 1.165) is 55.4 Å². The first kappa shape index (κ1) is 23.6. The average Bonchev–Trinajstić information content (AvgIpc) is 2.82. The van der Waals surface area contributed by atoms with Crippen molar-refractivity contribution in [2.24, 2.45) is 4.99 Å². The molecule has 0 radical (unpaired) electrons. The zero-order valence-electron chi connectivity index (χ0n) is 17.9.